The lowest BCUT2D eigenvalue weighted by atomic mass is 10.2. The van der Waals surface area contributed by atoms with Crippen molar-refractivity contribution in [2.24, 2.45) is 0 Å². The molecule has 0 saturated carbocycles. The molecule has 0 saturated heterocycles. The fraction of sp³-hybridized carbons (Fsp3) is 0.143. The Morgan fingerprint density at radius 3 is 2.14 bits per heavy atom. The number of benzene rings is 2. The summed E-state index contributed by atoms with van der Waals surface area (Å²) in [6, 6.07) is 8.57. The van der Waals surface area contributed by atoms with Crippen LogP contribution in [0.4, 0.5) is 27.6 Å². The Balaban J connectivity index is 1.96. The third-order valence-electron chi connectivity index (χ3n) is 2.57. The number of rotatable bonds is 4. The monoisotopic (exact) mass is 303 g/mol. The number of hydrogen-bond donors (Lipinski definition) is 1. The summed E-state index contributed by atoms with van der Waals surface area (Å²) in [4.78, 5) is 0. The second-order valence-corrected chi connectivity index (χ2v) is 4.17. The van der Waals surface area contributed by atoms with Crippen LogP contribution in [0.25, 0.3) is 0 Å². The van der Waals surface area contributed by atoms with Crippen molar-refractivity contribution in [3.05, 3.63) is 59.7 Å². The molecule has 0 aliphatic rings. The molecule has 21 heavy (non-hydrogen) atoms. The first-order chi connectivity index (χ1) is 9.83. The van der Waals surface area contributed by atoms with Gasteiger partial charge < -0.3 is 10.1 Å². The molecule has 0 fully saturated rings. The summed E-state index contributed by atoms with van der Waals surface area (Å²) in [6.45, 7) is 0.247. The molecule has 0 aromatic heterocycles. The molecule has 0 spiro atoms. The first-order valence-corrected chi connectivity index (χ1v) is 5.87. The average molecular weight is 303 g/mol. The van der Waals surface area contributed by atoms with Crippen LogP contribution in [0, 0.1) is 11.6 Å². The standard InChI is InChI=1S/C14H10F5NO/c15-12-6-3-10(7-13(12)16)20-8-9-1-4-11(5-2-9)21-14(17,18)19/h1-7,20H,8H2. The number of ether oxygens (including phenoxy) is 1. The summed E-state index contributed by atoms with van der Waals surface area (Å²) in [6.07, 6.45) is -4.73. The van der Waals surface area contributed by atoms with Crippen LogP contribution in [-0.4, -0.2) is 6.36 Å². The van der Waals surface area contributed by atoms with E-state index in [0.717, 1.165) is 12.1 Å². The van der Waals surface area contributed by atoms with Gasteiger partial charge in [-0.05, 0) is 29.8 Å². The topological polar surface area (TPSA) is 21.3 Å². The van der Waals surface area contributed by atoms with Crippen molar-refractivity contribution in [2.75, 3.05) is 5.32 Å². The lowest BCUT2D eigenvalue weighted by Gasteiger charge is -2.10. The molecular formula is C14H10F5NO. The van der Waals surface area contributed by atoms with E-state index in [2.05, 4.69) is 10.1 Å². The van der Waals surface area contributed by atoms with Gasteiger partial charge in [0.15, 0.2) is 11.6 Å². The first-order valence-electron chi connectivity index (χ1n) is 5.87. The molecule has 2 aromatic carbocycles. The smallest absolute Gasteiger partial charge is 0.406 e. The third kappa shape index (κ3) is 4.62. The van der Waals surface area contributed by atoms with Crippen molar-refractivity contribution in [3.8, 4) is 5.75 Å². The SMILES string of the molecule is Fc1ccc(NCc2ccc(OC(F)(F)F)cc2)cc1F. The predicted octanol–water partition coefficient (Wildman–Crippen LogP) is 4.48. The summed E-state index contributed by atoms with van der Waals surface area (Å²) in [5.74, 6) is -2.25. The maximum absolute atomic E-state index is 13.0. The van der Waals surface area contributed by atoms with Gasteiger partial charge in [-0.3, -0.25) is 0 Å². The Kier molecular flexibility index (Phi) is 4.30. The number of nitrogens with one attached hydrogen (secondary N) is 1. The quantitative estimate of drug-likeness (QED) is 0.841. The largest absolute Gasteiger partial charge is 0.573 e. The molecule has 0 aliphatic carbocycles. The molecule has 0 aliphatic heterocycles. The van der Waals surface area contributed by atoms with Crippen molar-refractivity contribution in [1.82, 2.24) is 0 Å². The maximum atomic E-state index is 13.0. The molecule has 0 heterocycles. The van der Waals surface area contributed by atoms with Gasteiger partial charge in [-0.25, -0.2) is 8.78 Å². The third-order valence-corrected chi connectivity index (χ3v) is 2.57. The van der Waals surface area contributed by atoms with Crippen LogP contribution in [0.2, 0.25) is 0 Å². The van der Waals surface area contributed by atoms with Crippen LogP contribution in [0.3, 0.4) is 0 Å². The average Bonchev–Trinajstić information content (AvgIpc) is 2.40. The Hall–Kier alpha value is -2.31. The Labute approximate surface area is 117 Å². The molecule has 0 radical (unpaired) electrons. The molecule has 0 unspecified atom stereocenters. The van der Waals surface area contributed by atoms with E-state index in [4.69, 9.17) is 0 Å². The van der Waals surface area contributed by atoms with E-state index in [1.165, 1.54) is 30.3 Å². The minimum absolute atomic E-state index is 0.247. The van der Waals surface area contributed by atoms with E-state index in [0.29, 0.717) is 11.3 Å². The maximum Gasteiger partial charge on any atom is 0.573 e. The van der Waals surface area contributed by atoms with Crippen LogP contribution in [0.1, 0.15) is 5.56 Å². The molecule has 2 aromatic rings. The van der Waals surface area contributed by atoms with Gasteiger partial charge in [0.1, 0.15) is 5.75 Å². The van der Waals surface area contributed by atoms with Crippen molar-refractivity contribution in [1.29, 1.82) is 0 Å². The van der Waals surface area contributed by atoms with Gasteiger partial charge in [-0.1, -0.05) is 12.1 Å². The van der Waals surface area contributed by atoms with E-state index in [1.54, 1.807) is 0 Å². The van der Waals surface area contributed by atoms with E-state index in [1.807, 2.05) is 0 Å². The number of alkyl halides is 3. The van der Waals surface area contributed by atoms with Gasteiger partial charge in [0.25, 0.3) is 0 Å². The predicted molar refractivity (Wildman–Crippen MR) is 66.8 cm³/mol. The van der Waals surface area contributed by atoms with Crippen molar-refractivity contribution in [2.45, 2.75) is 12.9 Å². The number of anilines is 1. The summed E-state index contributed by atoms with van der Waals surface area (Å²) in [7, 11) is 0. The fourth-order valence-electron chi connectivity index (χ4n) is 1.62. The van der Waals surface area contributed by atoms with Crippen molar-refractivity contribution >= 4 is 5.69 Å². The summed E-state index contributed by atoms with van der Waals surface area (Å²) < 4.78 is 65.4. The number of hydrogen-bond acceptors (Lipinski definition) is 2. The molecule has 112 valence electrons. The van der Waals surface area contributed by atoms with E-state index < -0.39 is 18.0 Å². The highest BCUT2D eigenvalue weighted by Gasteiger charge is 2.30. The highest BCUT2D eigenvalue weighted by Crippen LogP contribution is 2.23. The molecule has 1 N–H and O–H groups in total. The van der Waals surface area contributed by atoms with Crippen LogP contribution in [-0.2, 0) is 6.54 Å². The van der Waals surface area contributed by atoms with Gasteiger partial charge in [0, 0.05) is 18.3 Å². The molecule has 0 atom stereocenters. The highest BCUT2D eigenvalue weighted by molar-refractivity contribution is 5.44. The molecular weight excluding hydrogens is 293 g/mol. The Bertz CT molecular complexity index is 610. The minimum atomic E-state index is -4.73. The van der Waals surface area contributed by atoms with Crippen LogP contribution >= 0.6 is 0 Å². The van der Waals surface area contributed by atoms with Gasteiger partial charge in [0.05, 0.1) is 0 Å². The fourth-order valence-corrected chi connectivity index (χ4v) is 1.62. The molecule has 2 nitrogen and oxygen atoms in total. The second-order valence-electron chi connectivity index (χ2n) is 4.17. The molecule has 0 amide bonds. The van der Waals surface area contributed by atoms with Gasteiger partial charge in [-0.2, -0.15) is 0 Å². The normalized spacial score (nSPS) is 11.3. The van der Waals surface area contributed by atoms with E-state index >= 15 is 0 Å². The van der Waals surface area contributed by atoms with E-state index in [9.17, 15) is 22.0 Å². The van der Waals surface area contributed by atoms with Crippen LogP contribution in [0.15, 0.2) is 42.5 Å². The van der Waals surface area contributed by atoms with Gasteiger partial charge in [0.2, 0.25) is 0 Å². The summed E-state index contributed by atoms with van der Waals surface area (Å²) in [5, 5.41) is 2.83. The van der Waals surface area contributed by atoms with Crippen LogP contribution in [0.5, 0.6) is 5.75 Å². The van der Waals surface area contributed by atoms with Gasteiger partial charge >= 0.3 is 6.36 Å². The zero-order valence-corrected chi connectivity index (χ0v) is 10.5. The summed E-state index contributed by atoms with van der Waals surface area (Å²) in [5.41, 5.74) is 1.03. The number of halogens is 5. The lowest BCUT2D eigenvalue weighted by molar-refractivity contribution is -0.274. The summed E-state index contributed by atoms with van der Waals surface area (Å²) >= 11 is 0. The molecule has 2 rings (SSSR count). The van der Waals surface area contributed by atoms with Crippen molar-refractivity contribution < 1.29 is 26.7 Å². The second kappa shape index (κ2) is 5.99. The van der Waals surface area contributed by atoms with E-state index in [-0.39, 0.29) is 12.3 Å². The highest BCUT2D eigenvalue weighted by atomic mass is 19.4. The Morgan fingerprint density at radius 1 is 0.905 bits per heavy atom. The molecule has 7 heteroatoms. The van der Waals surface area contributed by atoms with Gasteiger partial charge in [-0.15, -0.1) is 13.2 Å². The lowest BCUT2D eigenvalue weighted by Crippen LogP contribution is -2.17. The minimum Gasteiger partial charge on any atom is -0.406 e. The Morgan fingerprint density at radius 2 is 1.57 bits per heavy atom. The van der Waals surface area contributed by atoms with Crippen LogP contribution < -0.4 is 10.1 Å². The van der Waals surface area contributed by atoms with Crippen molar-refractivity contribution in [3.63, 3.8) is 0 Å². The molecule has 0 bridgehead atoms. The first kappa shape index (κ1) is 15.1. The zero-order chi connectivity index (χ0) is 15.5. The zero-order valence-electron chi connectivity index (χ0n) is 10.5.